The maximum absolute atomic E-state index is 13.0. The Bertz CT molecular complexity index is 1200. The Kier molecular flexibility index (Phi) is 14.0. The van der Waals surface area contributed by atoms with Gasteiger partial charge in [-0.05, 0) is 35.2 Å². The van der Waals surface area contributed by atoms with Crippen molar-refractivity contribution in [2.45, 2.75) is 123 Å². The number of hydrogen-bond donors (Lipinski definition) is 1. The number of carbonyl (C=O) groups is 2. The minimum Gasteiger partial charge on any atom is -0.481 e. The van der Waals surface area contributed by atoms with Crippen molar-refractivity contribution >= 4 is 33.5 Å². The van der Waals surface area contributed by atoms with Crippen LogP contribution in [-0.2, 0) is 16.0 Å². The van der Waals surface area contributed by atoms with Crippen molar-refractivity contribution in [3.63, 3.8) is 0 Å². The van der Waals surface area contributed by atoms with E-state index >= 15 is 0 Å². The van der Waals surface area contributed by atoms with Gasteiger partial charge in [-0.3, -0.25) is 9.59 Å². The second-order valence-corrected chi connectivity index (χ2v) is 11.4. The maximum Gasteiger partial charge on any atom is 0.312 e. The van der Waals surface area contributed by atoms with E-state index in [9.17, 15) is 14.7 Å². The highest BCUT2D eigenvalue weighted by Crippen LogP contribution is 2.37. The van der Waals surface area contributed by atoms with Crippen LogP contribution in [0.5, 0.6) is 5.75 Å². The summed E-state index contributed by atoms with van der Waals surface area (Å²) >= 11 is 0. The molecule has 0 aromatic heterocycles. The summed E-state index contributed by atoms with van der Waals surface area (Å²) in [5.74, 6) is -1.56. The van der Waals surface area contributed by atoms with E-state index < -0.39 is 17.9 Å². The minimum absolute atomic E-state index is 0.105. The number of aryl methyl sites for hydroxylation is 1. The first-order chi connectivity index (χ1) is 19.5. The smallest absolute Gasteiger partial charge is 0.312 e. The van der Waals surface area contributed by atoms with Crippen LogP contribution in [0, 0.1) is 5.92 Å². The quantitative estimate of drug-likeness (QED) is 0.0662. The third-order valence-electron chi connectivity index (χ3n) is 8.21. The van der Waals surface area contributed by atoms with E-state index in [1.165, 1.54) is 76.2 Å². The molecule has 0 aliphatic carbocycles. The molecule has 0 aliphatic rings. The molecule has 0 saturated heterocycles. The van der Waals surface area contributed by atoms with Crippen LogP contribution in [0.2, 0.25) is 0 Å². The number of esters is 1. The summed E-state index contributed by atoms with van der Waals surface area (Å²) in [6, 6.07) is 16.1. The van der Waals surface area contributed by atoms with Gasteiger partial charge in [0, 0.05) is 10.8 Å². The Balaban J connectivity index is 1.43. The molecule has 40 heavy (non-hydrogen) atoms. The Morgan fingerprint density at radius 2 is 1.27 bits per heavy atom. The van der Waals surface area contributed by atoms with E-state index in [4.69, 9.17) is 4.74 Å². The molecule has 0 spiro atoms. The summed E-state index contributed by atoms with van der Waals surface area (Å²) < 4.78 is 5.94. The fourth-order valence-corrected chi connectivity index (χ4v) is 5.78. The Morgan fingerprint density at radius 1 is 0.700 bits per heavy atom. The zero-order chi connectivity index (χ0) is 28.6. The van der Waals surface area contributed by atoms with Gasteiger partial charge in [0.2, 0.25) is 0 Å². The highest BCUT2D eigenvalue weighted by Gasteiger charge is 2.23. The molecule has 3 aromatic carbocycles. The number of carboxylic acid groups (broad SMARTS) is 1. The first kappa shape index (κ1) is 31.6. The third-order valence-corrected chi connectivity index (χ3v) is 8.21. The fourth-order valence-electron chi connectivity index (χ4n) is 5.78. The predicted molar refractivity (Wildman–Crippen MR) is 167 cm³/mol. The molecule has 4 nitrogen and oxygen atoms in total. The Labute approximate surface area is 241 Å². The number of unbranched alkanes of at least 4 members (excludes halogenated alkanes) is 13. The number of benzene rings is 3. The van der Waals surface area contributed by atoms with Gasteiger partial charge in [-0.25, -0.2) is 0 Å². The molecular formula is C36H50O4. The lowest BCUT2D eigenvalue weighted by molar-refractivity contribution is -0.147. The topological polar surface area (TPSA) is 63.6 Å². The Hall–Kier alpha value is -2.88. The highest BCUT2D eigenvalue weighted by molar-refractivity contribution is 6.07. The van der Waals surface area contributed by atoms with Crippen molar-refractivity contribution in [1.82, 2.24) is 0 Å². The second kappa shape index (κ2) is 17.7. The van der Waals surface area contributed by atoms with Gasteiger partial charge in [-0.15, -0.1) is 0 Å². The van der Waals surface area contributed by atoms with Crippen LogP contribution in [-0.4, -0.2) is 17.0 Å². The lowest BCUT2D eigenvalue weighted by Crippen LogP contribution is -2.21. The lowest BCUT2D eigenvalue weighted by Gasteiger charge is -2.16. The van der Waals surface area contributed by atoms with Gasteiger partial charge in [0.05, 0.1) is 12.3 Å². The average Bonchev–Trinajstić information content (AvgIpc) is 2.96. The lowest BCUT2D eigenvalue weighted by atomic mass is 9.96. The van der Waals surface area contributed by atoms with E-state index in [-0.39, 0.29) is 6.42 Å². The third kappa shape index (κ3) is 9.94. The van der Waals surface area contributed by atoms with Crippen molar-refractivity contribution in [2.75, 3.05) is 0 Å². The number of fused-ring (bicyclic) bond motifs is 2. The monoisotopic (exact) mass is 546 g/mol. The second-order valence-electron chi connectivity index (χ2n) is 11.4. The van der Waals surface area contributed by atoms with Crippen molar-refractivity contribution in [3.8, 4) is 5.75 Å². The van der Waals surface area contributed by atoms with Crippen LogP contribution in [0.4, 0.5) is 0 Å². The highest BCUT2D eigenvalue weighted by atomic mass is 16.5. The standard InChI is InChI=1S/C36H50O4/c1-3-5-6-7-8-9-10-11-12-13-14-15-16-17-22-30(36(38)39)27-34(37)40-35-31-24-19-18-21-29(31)26-33-28(4-2)23-20-25-32(33)35/h18-21,23-26,30H,3-17,22,27H2,1-2H3,(H,38,39). The van der Waals surface area contributed by atoms with Crippen molar-refractivity contribution in [3.05, 3.63) is 54.1 Å². The molecule has 4 heteroatoms. The molecule has 1 atom stereocenters. The molecule has 0 bridgehead atoms. The molecule has 0 aliphatic heterocycles. The zero-order valence-corrected chi connectivity index (χ0v) is 24.9. The largest absolute Gasteiger partial charge is 0.481 e. The van der Waals surface area contributed by atoms with E-state index in [0.29, 0.717) is 12.2 Å². The SMILES string of the molecule is CCCCCCCCCCCCCCCCC(CC(=O)Oc1c2ccccc2cc2c(CC)cccc12)C(=O)O. The van der Waals surface area contributed by atoms with Crippen molar-refractivity contribution < 1.29 is 19.4 Å². The molecule has 0 saturated carbocycles. The number of rotatable bonds is 20. The summed E-state index contributed by atoms with van der Waals surface area (Å²) in [4.78, 5) is 25.0. The van der Waals surface area contributed by atoms with Gasteiger partial charge in [0.25, 0.3) is 0 Å². The molecule has 1 N–H and O–H groups in total. The van der Waals surface area contributed by atoms with Crippen LogP contribution in [0.15, 0.2) is 48.5 Å². The summed E-state index contributed by atoms with van der Waals surface area (Å²) in [5, 5.41) is 13.6. The molecule has 3 rings (SSSR count). The van der Waals surface area contributed by atoms with Gasteiger partial charge in [-0.2, -0.15) is 0 Å². The van der Waals surface area contributed by atoms with Crippen LogP contribution in [0.1, 0.15) is 122 Å². The summed E-state index contributed by atoms with van der Waals surface area (Å²) in [7, 11) is 0. The first-order valence-electron chi connectivity index (χ1n) is 15.9. The van der Waals surface area contributed by atoms with Crippen molar-refractivity contribution in [1.29, 1.82) is 0 Å². The normalized spacial score (nSPS) is 12.2. The number of aliphatic carboxylic acids is 1. The summed E-state index contributed by atoms with van der Waals surface area (Å²) in [6.07, 6.45) is 19.0. The summed E-state index contributed by atoms with van der Waals surface area (Å²) in [5.41, 5.74) is 1.20. The number of ether oxygens (including phenoxy) is 1. The van der Waals surface area contributed by atoms with Crippen LogP contribution in [0.25, 0.3) is 21.5 Å². The molecule has 218 valence electrons. The van der Waals surface area contributed by atoms with Gasteiger partial charge in [0.15, 0.2) is 0 Å². The first-order valence-corrected chi connectivity index (χ1v) is 15.9. The van der Waals surface area contributed by atoms with Crippen LogP contribution < -0.4 is 4.74 Å². The maximum atomic E-state index is 13.0. The minimum atomic E-state index is -0.914. The van der Waals surface area contributed by atoms with Gasteiger partial charge in [0.1, 0.15) is 5.75 Å². The Morgan fingerprint density at radius 3 is 1.88 bits per heavy atom. The van der Waals surface area contributed by atoms with E-state index in [0.717, 1.165) is 47.2 Å². The van der Waals surface area contributed by atoms with E-state index in [1.54, 1.807) is 0 Å². The molecule has 0 radical (unpaired) electrons. The number of carbonyl (C=O) groups excluding carboxylic acids is 1. The molecule has 3 aromatic rings. The van der Waals surface area contributed by atoms with E-state index in [2.05, 4.69) is 26.0 Å². The average molecular weight is 547 g/mol. The zero-order valence-electron chi connectivity index (χ0n) is 24.9. The molecular weight excluding hydrogens is 496 g/mol. The molecule has 0 heterocycles. The van der Waals surface area contributed by atoms with Crippen LogP contribution in [0.3, 0.4) is 0 Å². The van der Waals surface area contributed by atoms with E-state index in [1.807, 2.05) is 36.4 Å². The van der Waals surface area contributed by atoms with Gasteiger partial charge < -0.3 is 9.84 Å². The molecule has 0 fully saturated rings. The fraction of sp³-hybridized carbons (Fsp3) is 0.556. The van der Waals surface area contributed by atoms with Gasteiger partial charge >= 0.3 is 11.9 Å². The number of carboxylic acids is 1. The van der Waals surface area contributed by atoms with Crippen LogP contribution >= 0.6 is 0 Å². The number of hydrogen-bond acceptors (Lipinski definition) is 3. The molecule has 1 unspecified atom stereocenters. The molecule has 0 amide bonds. The van der Waals surface area contributed by atoms with Gasteiger partial charge in [-0.1, -0.05) is 146 Å². The van der Waals surface area contributed by atoms with Crippen molar-refractivity contribution in [2.24, 2.45) is 5.92 Å². The predicted octanol–water partition coefficient (Wildman–Crippen LogP) is 10.4. The summed E-state index contributed by atoms with van der Waals surface area (Å²) in [6.45, 7) is 4.38.